The molecule has 0 atom stereocenters. The minimum Gasteiger partial charge on any atom is -0.261 e. The number of rotatable bonds is 4. The fourth-order valence-corrected chi connectivity index (χ4v) is 4.19. The molecule has 2 aromatic carbocycles. The lowest BCUT2D eigenvalue weighted by Gasteiger charge is -2.28. The summed E-state index contributed by atoms with van der Waals surface area (Å²) in [7, 11) is 0. The molecule has 0 bridgehead atoms. The number of nitrogens with one attached hydrogen (secondary N) is 1. The van der Waals surface area contributed by atoms with E-state index in [-0.39, 0.29) is 17.0 Å². The van der Waals surface area contributed by atoms with Crippen LogP contribution in [0, 0.1) is 29.2 Å². The Morgan fingerprint density at radius 2 is 1.48 bits per heavy atom. The first-order valence-electron chi connectivity index (χ1n) is 8.27. The van der Waals surface area contributed by atoms with Crippen LogP contribution in [0.3, 0.4) is 0 Å². The average molecular weight is 463 g/mol. The first-order chi connectivity index (χ1) is 12.0. The molecule has 0 amide bonds. The van der Waals surface area contributed by atoms with E-state index >= 15 is 0 Å². The molecule has 0 radical (unpaired) electrons. The maximum atomic E-state index is 14.5. The van der Waals surface area contributed by atoms with Gasteiger partial charge in [0.2, 0.25) is 0 Å². The van der Waals surface area contributed by atoms with E-state index in [0.29, 0.717) is 11.5 Å². The van der Waals surface area contributed by atoms with Crippen LogP contribution >= 0.6 is 22.9 Å². The molecular formula is C19H18F4IN. The van der Waals surface area contributed by atoms with Crippen molar-refractivity contribution in [2.75, 3.05) is 6.54 Å². The molecule has 1 saturated carbocycles. The van der Waals surface area contributed by atoms with Crippen LogP contribution in [0.15, 0.2) is 30.3 Å². The highest BCUT2D eigenvalue weighted by atomic mass is 127. The van der Waals surface area contributed by atoms with Gasteiger partial charge in [-0.1, -0.05) is 6.07 Å². The molecule has 25 heavy (non-hydrogen) atoms. The molecule has 1 fully saturated rings. The lowest BCUT2D eigenvalue weighted by molar-refractivity contribution is 0.328. The molecule has 0 heterocycles. The van der Waals surface area contributed by atoms with Crippen molar-refractivity contribution in [3.05, 3.63) is 59.2 Å². The monoisotopic (exact) mass is 463 g/mol. The standard InChI is InChI=1S/C19H18F4IN/c20-15-6-5-13(7-16(15)21)19-17(22)8-14(9-18(19)23)12-3-1-11(2-4-12)10-25-24/h5-9,11-12,25H,1-4,10H2. The summed E-state index contributed by atoms with van der Waals surface area (Å²) in [5.74, 6) is -2.91. The van der Waals surface area contributed by atoms with Gasteiger partial charge in [-0.2, -0.15) is 0 Å². The summed E-state index contributed by atoms with van der Waals surface area (Å²) in [6.07, 6.45) is 3.84. The van der Waals surface area contributed by atoms with Crippen molar-refractivity contribution in [3.8, 4) is 11.1 Å². The summed E-state index contributed by atoms with van der Waals surface area (Å²) in [6, 6.07) is 5.54. The van der Waals surface area contributed by atoms with Gasteiger partial charge in [0.15, 0.2) is 11.6 Å². The molecule has 0 spiro atoms. The molecule has 1 aliphatic carbocycles. The summed E-state index contributed by atoms with van der Waals surface area (Å²) in [5.41, 5.74) is 0.324. The van der Waals surface area contributed by atoms with Crippen LogP contribution < -0.4 is 3.53 Å². The van der Waals surface area contributed by atoms with Gasteiger partial charge in [-0.15, -0.1) is 0 Å². The Bertz CT molecular complexity index is 734. The van der Waals surface area contributed by atoms with Gasteiger partial charge in [-0.3, -0.25) is 3.53 Å². The quantitative estimate of drug-likeness (QED) is 0.327. The molecule has 1 nitrogen and oxygen atoms in total. The van der Waals surface area contributed by atoms with Crippen molar-refractivity contribution in [3.63, 3.8) is 0 Å². The van der Waals surface area contributed by atoms with Crippen LogP contribution in [0.5, 0.6) is 0 Å². The van der Waals surface area contributed by atoms with Gasteiger partial charge in [-0.05, 0) is 72.9 Å². The van der Waals surface area contributed by atoms with Crippen LogP contribution in [0.1, 0.15) is 37.2 Å². The Hall–Kier alpha value is -1.15. The molecule has 3 rings (SSSR count). The zero-order valence-corrected chi connectivity index (χ0v) is 15.6. The molecule has 0 aliphatic heterocycles. The van der Waals surface area contributed by atoms with Gasteiger partial charge < -0.3 is 0 Å². The maximum absolute atomic E-state index is 14.5. The van der Waals surface area contributed by atoms with Crippen LogP contribution in [-0.2, 0) is 0 Å². The smallest absolute Gasteiger partial charge is 0.159 e. The predicted octanol–water partition coefficient (Wildman–Crippen LogP) is 6.12. The van der Waals surface area contributed by atoms with E-state index in [1.165, 1.54) is 18.2 Å². The third-order valence-corrected chi connectivity index (χ3v) is 5.40. The largest absolute Gasteiger partial charge is 0.261 e. The minimum atomic E-state index is -1.12. The second kappa shape index (κ2) is 8.03. The molecule has 6 heteroatoms. The maximum Gasteiger partial charge on any atom is 0.159 e. The highest BCUT2D eigenvalue weighted by molar-refractivity contribution is 14.1. The summed E-state index contributed by atoms with van der Waals surface area (Å²) in [4.78, 5) is 0. The van der Waals surface area contributed by atoms with Gasteiger partial charge >= 0.3 is 0 Å². The normalized spacial score (nSPS) is 20.7. The third kappa shape index (κ3) is 4.16. The van der Waals surface area contributed by atoms with E-state index < -0.39 is 23.3 Å². The van der Waals surface area contributed by atoms with Crippen molar-refractivity contribution >= 4 is 22.9 Å². The average Bonchev–Trinajstić information content (AvgIpc) is 2.58. The van der Waals surface area contributed by atoms with Crippen molar-refractivity contribution in [2.45, 2.75) is 31.6 Å². The van der Waals surface area contributed by atoms with Crippen molar-refractivity contribution in [1.29, 1.82) is 0 Å². The number of benzene rings is 2. The summed E-state index contributed by atoms with van der Waals surface area (Å²) in [5, 5.41) is 0. The molecule has 0 saturated heterocycles. The molecule has 2 aromatic rings. The van der Waals surface area contributed by atoms with E-state index in [0.717, 1.165) is 44.4 Å². The summed E-state index contributed by atoms with van der Waals surface area (Å²) in [6.45, 7) is 0.949. The zero-order chi connectivity index (χ0) is 18.0. The predicted molar refractivity (Wildman–Crippen MR) is 98.4 cm³/mol. The Labute approximate surface area is 158 Å². The fourth-order valence-electron chi connectivity index (χ4n) is 3.56. The van der Waals surface area contributed by atoms with Crippen LogP contribution in [-0.4, -0.2) is 6.54 Å². The molecular weight excluding hydrogens is 445 g/mol. The number of hydrogen-bond acceptors (Lipinski definition) is 1. The van der Waals surface area contributed by atoms with E-state index in [4.69, 9.17) is 0 Å². The van der Waals surface area contributed by atoms with Crippen molar-refractivity contribution in [2.24, 2.45) is 5.92 Å². The summed E-state index contributed by atoms with van der Waals surface area (Å²) < 4.78 is 58.6. The fraction of sp³-hybridized carbons (Fsp3) is 0.368. The Kier molecular flexibility index (Phi) is 5.99. The second-order valence-electron chi connectivity index (χ2n) is 6.54. The van der Waals surface area contributed by atoms with Gasteiger partial charge in [0, 0.05) is 29.4 Å². The Morgan fingerprint density at radius 3 is 2.04 bits per heavy atom. The first kappa shape index (κ1) is 18.6. The molecule has 1 N–H and O–H groups in total. The summed E-state index contributed by atoms with van der Waals surface area (Å²) >= 11 is 2.13. The van der Waals surface area contributed by atoms with Crippen LogP contribution in [0.25, 0.3) is 11.1 Å². The third-order valence-electron chi connectivity index (χ3n) is 4.96. The first-order valence-corrected chi connectivity index (χ1v) is 9.35. The van der Waals surface area contributed by atoms with Gasteiger partial charge in [0.25, 0.3) is 0 Å². The lowest BCUT2D eigenvalue weighted by Crippen LogP contribution is -2.20. The highest BCUT2D eigenvalue weighted by Crippen LogP contribution is 2.38. The lowest BCUT2D eigenvalue weighted by atomic mass is 9.78. The van der Waals surface area contributed by atoms with E-state index in [1.54, 1.807) is 0 Å². The van der Waals surface area contributed by atoms with Gasteiger partial charge in [-0.25, -0.2) is 17.6 Å². The SMILES string of the molecule is Fc1ccc(-c2c(F)cc(C3CCC(CNI)CC3)cc2F)cc1F. The van der Waals surface area contributed by atoms with E-state index in [9.17, 15) is 17.6 Å². The topological polar surface area (TPSA) is 12.0 Å². The van der Waals surface area contributed by atoms with Crippen LogP contribution in [0.2, 0.25) is 0 Å². The zero-order valence-electron chi connectivity index (χ0n) is 13.5. The second-order valence-corrected chi connectivity index (χ2v) is 7.31. The van der Waals surface area contributed by atoms with Crippen LogP contribution in [0.4, 0.5) is 17.6 Å². The van der Waals surface area contributed by atoms with E-state index in [2.05, 4.69) is 26.4 Å². The van der Waals surface area contributed by atoms with Gasteiger partial charge in [0.1, 0.15) is 11.6 Å². The van der Waals surface area contributed by atoms with Crippen molar-refractivity contribution < 1.29 is 17.6 Å². The Balaban J connectivity index is 1.84. The molecule has 0 unspecified atom stereocenters. The molecule has 0 aromatic heterocycles. The molecule has 1 aliphatic rings. The van der Waals surface area contributed by atoms with E-state index in [1.807, 2.05) is 0 Å². The van der Waals surface area contributed by atoms with Crippen molar-refractivity contribution in [1.82, 2.24) is 3.53 Å². The van der Waals surface area contributed by atoms with Gasteiger partial charge in [0.05, 0.1) is 5.56 Å². The highest BCUT2D eigenvalue weighted by Gasteiger charge is 2.24. The number of halogens is 5. The number of hydrogen-bond donors (Lipinski definition) is 1. The molecule has 134 valence electrons. The minimum absolute atomic E-state index is 0.00252. The Morgan fingerprint density at radius 1 is 0.840 bits per heavy atom.